The largest absolute Gasteiger partial charge is 0.370 e. The Labute approximate surface area is 189 Å². The van der Waals surface area contributed by atoms with Crippen LogP contribution in [0.4, 0.5) is 22.5 Å². The summed E-state index contributed by atoms with van der Waals surface area (Å²) in [6.07, 6.45) is 6.54. The first kappa shape index (κ1) is 21.0. The summed E-state index contributed by atoms with van der Waals surface area (Å²) in [5.74, 6) is 0.927. The van der Waals surface area contributed by atoms with Gasteiger partial charge in [-0.25, -0.2) is 9.97 Å². The standard InChI is InChI=1S/C21H22ClN7OS/c22-15-5-1-2-6-16(15)29-12-11-28(14-29)10-4-9-24-18-7-3-8-19(26-18)27-21-25-13-17(31-21)20(23)30/h1-3,5-8,11-13H,4,9-10,14H2,(H2,23,30)(H2,24,25,26,27). The number of nitrogens with one attached hydrogen (secondary N) is 2. The number of primary amides is 1. The number of carbonyl (C=O) groups is 1. The van der Waals surface area contributed by atoms with Gasteiger partial charge in [-0.1, -0.05) is 41.1 Å². The SMILES string of the molecule is NC(=O)c1cnc(Nc2cccc(NCCCN3C=CN(c4ccccc4Cl)C3)n2)s1. The summed E-state index contributed by atoms with van der Waals surface area (Å²) in [6, 6.07) is 13.5. The highest BCUT2D eigenvalue weighted by Crippen LogP contribution is 2.27. The first-order valence-electron chi connectivity index (χ1n) is 9.75. The molecule has 1 aromatic carbocycles. The van der Waals surface area contributed by atoms with Gasteiger partial charge in [0, 0.05) is 25.5 Å². The molecule has 4 rings (SSSR count). The van der Waals surface area contributed by atoms with Crippen LogP contribution in [-0.4, -0.2) is 40.5 Å². The maximum absolute atomic E-state index is 11.2. The first-order valence-corrected chi connectivity index (χ1v) is 10.9. The molecule has 1 amide bonds. The molecule has 0 atom stereocenters. The number of aromatic nitrogens is 2. The van der Waals surface area contributed by atoms with E-state index in [9.17, 15) is 4.79 Å². The van der Waals surface area contributed by atoms with Crippen molar-refractivity contribution >= 4 is 51.3 Å². The summed E-state index contributed by atoms with van der Waals surface area (Å²) < 4.78 is 0. The summed E-state index contributed by atoms with van der Waals surface area (Å²) in [5.41, 5.74) is 6.28. The van der Waals surface area contributed by atoms with E-state index in [2.05, 4.69) is 36.6 Å². The fourth-order valence-electron chi connectivity index (χ4n) is 3.11. The van der Waals surface area contributed by atoms with Crippen molar-refractivity contribution in [2.75, 3.05) is 35.3 Å². The number of amides is 1. The lowest BCUT2D eigenvalue weighted by Gasteiger charge is -2.22. The predicted molar refractivity (Wildman–Crippen MR) is 126 cm³/mol. The van der Waals surface area contributed by atoms with Gasteiger partial charge in [-0.3, -0.25) is 4.79 Å². The monoisotopic (exact) mass is 455 g/mol. The van der Waals surface area contributed by atoms with Crippen LogP contribution in [0, 0.1) is 0 Å². The lowest BCUT2D eigenvalue weighted by atomic mass is 10.3. The van der Waals surface area contributed by atoms with E-state index in [1.54, 1.807) is 0 Å². The number of anilines is 4. The lowest BCUT2D eigenvalue weighted by Crippen LogP contribution is -2.26. The van der Waals surface area contributed by atoms with Gasteiger partial charge < -0.3 is 26.2 Å². The molecular weight excluding hydrogens is 434 g/mol. The van der Waals surface area contributed by atoms with Crippen LogP contribution in [0.5, 0.6) is 0 Å². The lowest BCUT2D eigenvalue weighted by molar-refractivity contribution is 0.100. The molecule has 0 fully saturated rings. The fraction of sp³-hybridized carbons (Fsp3) is 0.190. The topological polar surface area (TPSA) is 99.4 Å². The van der Waals surface area contributed by atoms with E-state index in [4.69, 9.17) is 17.3 Å². The number of thiazole rings is 1. The van der Waals surface area contributed by atoms with Gasteiger partial charge in [0.1, 0.15) is 16.5 Å². The van der Waals surface area contributed by atoms with Gasteiger partial charge in [0.05, 0.1) is 23.6 Å². The van der Waals surface area contributed by atoms with Gasteiger partial charge in [-0.15, -0.1) is 0 Å². The molecule has 2 aromatic heterocycles. The average molecular weight is 456 g/mol. The third kappa shape index (κ3) is 5.44. The molecule has 3 heterocycles. The van der Waals surface area contributed by atoms with Crippen LogP contribution < -0.4 is 21.3 Å². The van der Waals surface area contributed by atoms with Crippen molar-refractivity contribution in [1.82, 2.24) is 14.9 Å². The predicted octanol–water partition coefficient (Wildman–Crippen LogP) is 4.09. The van der Waals surface area contributed by atoms with E-state index >= 15 is 0 Å². The maximum Gasteiger partial charge on any atom is 0.260 e. The number of benzene rings is 1. The van der Waals surface area contributed by atoms with Crippen LogP contribution in [0.25, 0.3) is 0 Å². The van der Waals surface area contributed by atoms with Gasteiger partial charge in [-0.05, 0) is 30.7 Å². The Balaban J connectivity index is 1.22. The summed E-state index contributed by atoms with van der Waals surface area (Å²) >= 11 is 7.48. The van der Waals surface area contributed by atoms with Gasteiger partial charge in [-0.2, -0.15) is 0 Å². The maximum atomic E-state index is 11.2. The molecule has 1 aliphatic heterocycles. The Hall–Kier alpha value is -3.30. The summed E-state index contributed by atoms with van der Waals surface area (Å²) in [6.45, 7) is 2.48. The Bertz CT molecular complexity index is 1090. The number of hydrogen-bond donors (Lipinski definition) is 3. The Kier molecular flexibility index (Phi) is 6.54. The van der Waals surface area contributed by atoms with Crippen molar-refractivity contribution in [2.45, 2.75) is 6.42 Å². The molecule has 0 saturated heterocycles. The van der Waals surface area contributed by atoms with E-state index < -0.39 is 5.91 Å². The molecule has 31 heavy (non-hydrogen) atoms. The van der Waals surface area contributed by atoms with Crippen LogP contribution in [0.3, 0.4) is 0 Å². The zero-order chi connectivity index (χ0) is 21.6. The molecular formula is C21H22ClN7OS. The molecule has 4 N–H and O–H groups in total. The quantitative estimate of drug-likeness (QED) is 0.418. The van der Waals surface area contributed by atoms with E-state index in [1.807, 2.05) is 48.7 Å². The minimum absolute atomic E-state index is 0.404. The van der Waals surface area contributed by atoms with E-state index in [0.717, 1.165) is 42.7 Å². The zero-order valence-corrected chi connectivity index (χ0v) is 18.2. The van der Waals surface area contributed by atoms with Crippen molar-refractivity contribution in [1.29, 1.82) is 0 Å². The van der Waals surface area contributed by atoms with Crippen LogP contribution in [-0.2, 0) is 0 Å². The third-order valence-corrected chi connectivity index (χ3v) is 5.86. The normalized spacial score (nSPS) is 12.9. The number of nitrogens with zero attached hydrogens (tertiary/aromatic N) is 4. The Morgan fingerprint density at radius 2 is 2.00 bits per heavy atom. The van der Waals surface area contributed by atoms with Crippen LogP contribution >= 0.6 is 22.9 Å². The Morgan fingerprint density at radius 3 is 2.81 bits per heavy atom. The highest BCUT2D eigenvalue weighted by Gasteiger charge is 2.15. The van der Waals surface area contributed by atoms with E-state index in [1.165, 1.54) is 17.5 Å². The summed E-state index contributed by atoms with van der Waals surface area (Å²) in [5, 5.41) is 7.76. The smallest absolute Gasteiger partial charge is 0.260 e. The molecule has 10 heteroatoms. The molecule has 8 nitrogen and oxygen atoms in total. The zero-order valence-electron chi connectivity index (χ0n) is 16.7. The van der Waals surface area contributed by atoms with Crippen LogP contribution in [0.2, 0.25) is 5.02 Å². The molecule has 160 valence electrons. The number of hydrogen-bond acceptors (Lipinski definition) is 8. The van der Waals surface area contributed by atoms with Crippen molar-refractivity contribution in [3.05, 3.63) is 71.0 Å². The number of para-hydroxylation sites is 1. The molecule has 0 unspecified atom stereocenters. The van der Waals surface area contributed by atoms with Gasteiger partial charge >= 0.3 is 0 Å². The second-order valence-electron chi connectivity index (χ2n) is 6.88. The Morgan fingerprint density at radius 1 is 1.16 bits per heavy atom. The number of halogens is 1. The third-order valence-electron chi connectivity index (χ3n) is 4.61. The molecule has 0 bridgehead atoms. The molecule has 0 aliphatic carbocycles. The number of nitrogens with two attached hydrogens (primary N) is 1. The molecule has 1 aliphatic rings. The molecule has 0 radical (unpaired) electrons. The van der Waals surface area contributed by atoms with Crippen LogP contribution in [0.1, 0.15) is 16.1 Å². The van der Waals surface area contributed by atoms with E-state index in [-0.39, 0.29) is 0 Å². The van der Waals surface area contributed by atoms with Crippen molar-refractivity contribution in [3.63, 3.8) is 0 Å². The number of carbonyl (C=O) groups excluding carboxylic acids is 1. The fourth-order valence-corrected chi connectivity index (χ4v) is 4.03. The molecule has 0 saturated carbocycles. The van der Waals surface area contributed by atoms with Crippen molar-refractivity contribution in [2.24, 2.45) is 5.73 Å². The van der Waals surface area contributed by atoms with Gasteiger partial charge in [0.25, 0.3) is 5.91 Å². The number of rotatable bonds is 9. The van der Waals surface area contributed by atoms with E-state index in [0.29, 0.717) is 15.8 Å². The van der Waals surface area contributed by atoms with Crippen molar-refractivity contribution < 1.29 is 4.79 Å². The van der Waals surface area contributed by atoms with Gasteiger partial charge in [0.15, 0.2) is 5.13 Å². The second kappa shape index (κ2) is 9.67. The first-order chi connectivity index (χ1) is 15.1. The molecule has 3 aromatic rings. The summed E-state index contributed by atoms with van der Waals surface area (Å²) in [4.78, 5) is 24.6. The summed E-state index contributed by atoms with van der Waals surface area (Å²) in [7, 11) is 0. The minimum Gasteiger partial charge on any atom is -0.370 e. The van der Waals surface area contributed by atoms with Crippen molar-refractivity contribution in [3.8, 4) is 0 Å². The second-order valence-corrected chi connectivity index (χ2v) is 8.32. The highest BCUT2D eigenvalue weighted by atomic mass is 35.5. The van der Waals surface area contributed by atoms with Gasteiger partial charge in [0.2, 0.25) is 0 Å². The minimum atomic E-state index is -0.489. The van der Waals surface area contributed by atoms with Crippen LogP contribution in [0.15, 0.2) is 61.1 Å². The highest BCUT2D eigenvalue weighted by molar-refractivity contribution is 7.17. The average Bonchev–Trinajstić information content (AvgIpc) is 3.42. The molecule has 0 spiro atoms. The number of pyridine rings is 1.